The van der Waals surface area contributed by atoms with Crippen molar-refractivity contribution >= 4 is 22.5 Å². The third kappa shape index (κ3) is 1.82. The molecule has 104 valence electrons. The summed E-state index contributed by atoms with van der Waals surface area (Å²) < 4.78 is 2.95. The van der Waals surface area contributed by atoms with E-state index in [2.05, 4.69) is 9.97 Å². The van der Waals surface area contributed by atoms with Crippen LogP contribution in [0.2, 0.25) is 0 Å². The molecule has 0 unspecified atom stereocenters. The molecule has 0 spiro atoms. The van der Waals surface area contributed by atoms with Crippen molar-refractivity contribution < 1.29 is 0 Å². The lowest BCUT2D eigenvalue weighted by Crippen LogP contribution is -2.32. The topological polar surface area (TPSA) is 72.7 Å². The summed E-state index contributed by atoms with van der Waals surface area (Å²) in [6.45, 7) is 2.75. The lowest BCUT2D eigenvalue weighted by Gasteiger charge is -2.05. The molecule has 7 heteroatoms. The van der Waals surface area contributed by atoms with E-state index in [1.54, 1.807) is 11.3 Å². The zero-order valence-electron chi connectivity index (χ0n) is 11.2. The molecular weight excluding hydrogens is 276 g/mol. The Labute approximate surface area is 118 Å². The minimum absolute atomic E-state index is 0.309. The highest BCUT2D eigenvalue weighted by Gasteiger charge is 2.17. The lowest BCUT2D eigenvalue weighted by molar-refractivity contribution is 0.693. The fourth-order valence-electron chi connectivity index (χ4n) is 2.20. The van der Waals surface area contributed by atoms with Crippen LogP contribution in [0, 0.1) is 0 Å². The molecule has 3 rings (SSSR count). The van der Waals surface area contributed by atoms with Crippen molar-refractivity contribution in [2.75, 3.05) is 0 Å². The Morgan fingerprint density at radius 1 is 1.40 bits per heavy atom. The number of hydrogen-bond donors (Lipinski definition) is 1. The SMILES string of the molecule is CCCn1c(-c2cccs2)nc2c(=O)n(C)c(=O)[nH]c21. The highest BCUT2D eigenvalue weighted by Crippen LogP contribution is 2.26. The Bertz CT molecular complexity index is 870. The number of aromatic nitrogens is 4. The third-order valence-corrected chi connectivity index (χ3v) is 4.06. The monoisotopic (exact) mass is 290 g/mol. The first-order chi connectivity index (χ1) is 9.63. The minimum atomic E-state index is -0.419. The quantitative estimate of drug-likeness (QED) is 0.795. The van der Waals surface area contributed by atoms with Gasteiger partial charge in [0.2, 0.25) is 0 Å². The first-order valence-electron chi connectivity index (χ1n) is 6.37. The van der Waals surface area contributed by atoms with Gasteiger partial charge in [0.05, 0.1) is 4.88 Å². The largest absolute Gasteiger partial charge is 0.329 e. The van der Waals surface area contributed by atoms with E-state index >= 15 is 0 Å². The number of H-pyrrole nitrogens is 1. The highest BCUT2D eigenvalue weighted by molar-refractivity contribution is 7.13. The maximum Gasteiger partial charge on any atom is 0.329 e. The van der Waals surface area contributed by atoms with Gasteiger partial charge in [-0.1, -0.05) is 13.0 Å². The molecule has 0 aliphatic heterocycles. The van der Waals surface area contributed by atoms with Crippen LogP contribution in [-0.4, -0.2) is 19.1 Å². The molecule has 3 aromatic rings. The molecule has 0 atom stereocenters. The number of nitrogens with zero attached hydrogens (tertiary/aromatic N) is 3. The van der Waals surface area contributed by atoms with Crippen LogP contribution in [0.25, 0.3) is 21.9 Å². The maximum atomic E-state index is 12.2. The van der Waals surface area contributed by atoms with Crippen LogP contribution in [0.15, 0.2) is 27.1 Å². The van der Waals surface area contributed by atoms with Crippen LogP contribution in [0.5, 0.6) is 0 Å². The van der Waals surface area contributed by atoms with Crippen LogP contribution in [0.1, 0.15) is 13.3 Å². The first kappa shape index (κ1) is 12.9. The number of fused-ring (bicyclic) bond motifs is 1. The van der Waals surface area contributed by atoms with Gasteiger partial charge in [0.15, 0.2) is 11.3 Å². The molecule has 0 aliphatic carbocycles. The van der Waals surface area contributed by atoms with E-state index < -0.39 is 5.69 Å². The van der Waals surface area contributed by atoms with Crippen LogP contribution >= 0.6 is 11.3 Å². The highest BCUT2D eigenvalue weighted by atomic mass is 32.1. The average Bonchev–Trinajstić information content (AvgIpc) is 3.05. The Morgan fingerprint density at radius 3 is 2.85 bits per heavy atom. The zero-order chi connectivity index (χ0) is 14.3. The molecule has 0 radical (unpaired) electrons. The van der Waals surface area contributed by atoms with Gasteiger partial charge in [-0.2, -0.15) is 0 Å². The van der Waals surface area contributed by atoms with Crippen LogP contribution in [0.3, 0.4) is 0 Å². The van der Waals surface area contributed by atoms with E-state index in [1.807, 2.05) is 29.0 Å². The van der Waals surface area contributed by atoms with Crippen molar-refractivity contribution in [3.8, 4) is 10.7 Å². The molecule has 0 bridgehead atoms. The molecule has 1 N–H and O–H groups in total. The smallest absolute Gasteiger partial charge is 0.309 e. The van der Waals surface area contributed by atoms with Gasteiger partial charge in [0, 0.05) is 13.6 Å². The molecule has 0 fully saturated rings. The molecule has 0 aliphatic rings. The molecular formula is C13H14N4O2S. The van der Waals surface area contributed by atoms with Gasteiger partial charge in [-0.15, -0.1) is 11.3 Å². The summed E-state index contributed by atoms with van der Waals surface area (Å²) in [7, 11) is 1.45. The van der Waals surface area contributed by atoms with E-state index in [9.17, 15) is 9.59 Å². The van der Waals surface area contributed by atoms with Crippen molar-refractivity contribution in [3.05, 3.63) is 38.4 Å². The predicted molar refractivity (Wildman–Crippen MR) is 79.2 cm³/mol. The number of thiophene rings is 1. The van der Waals surface area contributed by atoms with Crippen molar-refractivity contribution in [1.29, 1.82) is 0 Å². The van der Waals surface area contributed by atoms with E-state index in [0.29, 0.717) is 17.7 Å². The summed E-state index contributed by atoms with van der Waals surface area (Å²) in [6, 6.07) is 3.90. The summed E-state index contributed by atoms with van der Waals surface area (Å²) in [5, 5.41) is 1.96. The van der Waals surface area contributed by atoms with Crippen molar-refractivity contribution in [2.24, 2.45) is 7.05 Å². The molecule has 3 heterocycles. The number of nitrogens with one attached hydrogen (secondary N) is 1. The normalized spacial score (nSPS) is 11.3. The standard InChI is InChI=1S/C13H14N4O2S/c1-3-6-17-10(8-5-4-7-20-8)14-9-11(17)15-13(19)16(2)12(9)18/h4-5,7H,3,6H2,1-2H3,(H,15,19). The van der Waals surface area contributed by atoms with E-state index in [1.165, 1.54) is 7.05 Å². The van der Waals surface area contributed by atoms with Crippen molar-refractivity contribution in [3.63, 3.8) is 0 Å². The van der Waals surface area contributed by atoms with Crippen molar-refractivity contribution in [1.82, 2.24) is 19.1 Å². The molecule has 0 aromatic carbocycles. The Kier molecular flexibility index (Phi) is 3.06. The van der Waals surface area contributed by atoms with Crippen molar-refractivity contribution in [2.45, 2.75) is 19.9 Å². The van der Waals surface area contributed by atoms with Gasteiger partial charge in [-0.25, -0.2) is 9.78 Å². The number of hydrogen-bond acceptors (Lipinski definition) is 4. The molecule has 0 saturated carbocycles. The molecule has 3 aromatic heterocycles. The Hall–Kier alpha value is -2.15. The van der Waals surface area contributed by atoms with Gasteiger partial charge < -0.3 is 4.57 Å². The van der Waals surface area contributed by atoms with Gasteiger partial charge >= 0.3 is 5.69 Å². The Balaban J connectivity index is 2.42. The zero-order valence-corrected chi connectivity index (χ0v) is 12.0. The molecule has 0 amide bonds. The Morgan fingerprint density at radius 2 is 2.20 bits per heavy atom. The first-order valence-corrected chi connectivity index (χ1v) is 7.25. The number of rotatable bonds is 3. The lowest BCUT2D eigenvalue weighted by atomic mass is 10.4. The van der Waals surface area contributed by atoms with Crippen LogP contribution < -0.4 is 11.2 Å². The maximum absolute atomic E-state index is 12.2. The van der Waals surface area contributed by atoms with E-state index in [0.717, 1.165) is 21.7 Å². The summed E-state index contributed by atoms with van der Waals surface area (Å²) in [5.74, 6) is 0.732. The second kappa shape index (κ2) is 4.75. The second-order valence-corrected chi connectivity index (χ2v) is 5.50. The summed E-state index contributed by atoms with van der Waals surface area (Å²) in [5.41, 5.74) is 0.0289. The summed E-state index contributed by atoms with van der Waals surface area (Å²) in [6.07, 6.45) is 0.890. The average molecular weight is 290 g/mol. The number of aryl methyl sites for hydroxylation is 1. The van der Waals surface area contributed by atoms with Crippen LogP contribution in [-0.2, 0) is 13.6 Å². The fourth-order valence-corrected chi connectivity index (χ4v) is 2.92. The van der Waals surface area contributed by atoms with Crippen LogP contribution in [0.4, 0.5) is 0 Å². The minimum Gasteiger partial charge on any atom is -0.309 e. The van der Waals surface area contributed by atoms with Gasteiger partial charge in [0.25, 0.3) is 5.56 Å². The second-order valence-electron chi connectivity index (χ2n) is 4.56. The fraction of sp³-hybridized carbons (Fsp3) is 0.308. The molecule has 0 saturated heterocycles. The third-order valence-electron chi connectivity index (χ3n) is 3.19. The number of imidazole rings is 1. The number of aromatic amines is 1. The van der Waals surface area contributed by atoms with Gasteiger partial charge in [-0.3, -0.25) is 14.3 Å². The summed E-state index contributed by atoms with van der Waals surface area (Å²) >= 11 is 1.56. The van der Waals surface area contributed by atoms with Gasteiger partial charge in [0.1, 0.15) is 5.65 Å². The molecule has 6 nitrogen and oxygen atoms in total. The predicted octanol–water partition coefficient (Wildman–Crippen LogP) is 1.56. The summed E-state index contributed by atoms with van der Waals surface area (Å²) in [4.78, 5) is 32.1. The van der Waals surface area contributed by atoms with Gasteiger partial charge in [-0.05, 0) is 17.9 Å². The van der Waals surface area contributed by atoms with E-state index in [4.69, 9.17) is 0 Å². The van der Waals surface area contributed by atoms with E-state index in [-0.39, 0.29) is 5.56 Å². The molecule has 20 heavy (non-hydrogen) atoms.